The van der Waals surface area contributed by atoms with Crippen LogP contribution in [0.4, 0.5) is 4.39 Å². The fourth-order valence-corrected chi connectivity index (χ4v) is 5.98. The Morgan fingerprint density at radius 3 is 1.47 bits per heavy atom. The van der Waals surface area contributed by atoms with Crippen molar-refractivity contribution in [3.05, 3.63) is 131 Å². The van der Waals surface area contributed by atoms with Crippen LogP contribution < -0.4 is 0 Å². The molecule has 45 heavy (non-hydrogen) atoms. The smallest absolute Gasteiger partial charge is 0.123 e. The highest BCUT2D eigenvalue weighted by Gasteiger charge is 2.30. The third kappa shape index (κ3) is 8.14. The number of aromatic nitrogens is 2. The molecule has 3 aromatic carbocycles. The Kier molecular flexibility index (Phi) is 8.86. The molecule has 2 nitrogen and oxygen atoms in total. The fourth-order valence-electron chi connectivity index (χ4n) is 5.98. The number of aryl methyl sites for hydroxylation is 1. The lowest BCUT2D eigenvalue weighted by atomic mass is 9.80. The van der Waals surface area contributed by atoms with Crippen molar-refractivity contribution in [3.8, 4) is 33.6 Å². The van der Waals surface area contributed by atoms with E-state index in [4.69, 9.17) is 9.97 Å². The van der Waals surface area contributed by atoms with E-state index in [1.807, 2.05) is 12.1 Å². The molecule has 0 spiro atoms. The Bertz CT molecular complexity index is 1800. The van der Waals surface area contributed by atoms with Crippen LogP contribution in [0.15, 0.2) is 97.1 Å². The summed E-state index contributed by atoms with van der Waals surface area (Å²) in [6.45, 7) is 20.3. The average Bonchev–Trinajstić information content (AvgIpc) is 2.95. The number of rotatable bonds is 7. The fraction of sp³-hybridized carbons (Fsp3) is 0.333. The third-order valence-electron chi connectivity index (χ3n) is 8.17. The first kappa shape index (κ1) is 32.3. The molecule has 0 amide bonds. The van der Waals surface area contributed by atoms with Crippen LogP contribution >= 0.6 is 0 Å². The van der Waals surface area contributed by atoms with Crippen LogP contribution in [-0.2, 0) is 18.3 Å². The van der Waals surface area contributed by atoms with Crippen molar-refractivity contribution in [2.24, 2.45) is 10.8 Å². The number of nitrogens with zero attached hydrogens (tertiary/aromatic N) is 2. The van der Waals surface area contributed by atoms with Gasteiger partial charge in [-0.3, -0.25) is 9.97 Å². The van der Waals surface area contributed by atoms with Crippen LogP contribution in [0.3, 0.4) is 0 Å². The minimum atomic E-state index is -0.455. The number of pyridine rings is 2. The Morgan fingerprint density at radius 1 is 0.511 bits per heavy atom. The summed E-state index contributed by atoms with van der Waals surface area (Å²) < 4.78 is 13.7. The van der Waals surface area contributed by atoms with E-state index in [1.54, 1.807) is 0 Å². The molecule has 0 saturated carbocycles. The molecule has 2 aromatic heterocycles. The Balaban J connectivity index is 1.66. The summed E-state index contributed by atoms with van der Waals surface area (Å²) in [6.07, 6.45) is 1.88. The standard InChI is InChI=1S/C42H47FN2/c1-28-12-10-14-33(20-28)36-21-29(26-40(2,3)4)23-38(44-36)42(8,9)39-24-30(27-41(5,6)7)22-37(45-39)34-15-11-13-32(25-34)31-16-18-35(43)19-17-31/h10-25H,26-27H2,1-9H3. The van der Waals surface area contributed by atoms with E-state index in [-0.39, 0.29) is 16.6 Å². The van der Waals surface area contributed by atoms with Gasteiger partial charge in [0.05, 0.1) is 22.8 Å². The molecule has 0 radical (unpaired) electrons. The van der Waals surface area contributed by atoms with Gasteiger partial charge in [-0.2, -0.15) is 0 Å². The van der Waals surface area contributed by atoms with Crippen molar-refractivity contribution in [2.45, 2.75) is 80.6 Å². The van der Waals surface area contributed by atoms with E-state index in [0.29, 0.717) is 0 Å². The van der Waals surface area contributed by atoms with Crippen LogP contribution in [0.2, 0.25) is 0 Å². The van der Waals surface area contributed by atoms with E-state index in [2.05, 4.69) is 135 Å². The minimum absolute atomic E-state index is 0.110. The van der Waals surface area contributed by atoms with Gasteiger partial charge in [-0.15, -0.1) is 0 Å². The Labute approximate surface area is 269 Å². The summed E-state index contributed by atoms with van der Waals surface area (Å²) in [5, 5.41) is 0. The van der Waals surface area contributed by atoms with Crippen LogP contribution in [-0.4, -0.2) is 9.97 Å². The largest absolute Gasteiger partial charge is 0.252 e. The SMILES string of the molecule is Cc1cccc(-c2cc(CC(C)(C)C)cc(C(C)(C)c3cc(CC(C)(C)C)cc(-c4cccc(-c5ccc(F)cc5)c4)n3)n2)c1. The van der Waals surface area contributed by atoms with Crippen LogP contribution in [0, 0.1) is 23.6 Å². The summed E-state index contributed by atoms with van der Waals surface area (Å²) in [7, 11) is 0. The third-order valence-corrected chi connectivity index (χ3v) is 8.17. The van der Waals surface area contributed by atoms with Crippen molar-refractivity contribution in [1.82, 2.24) is 9.97 Å². The zero-order chi connectivity index (χ0) is 32.6. The molecule has 232 valence electrons. The van der Waals surface area contributed by atoms with Crippen molar-refractivity contribution in [2.75, 3.05) is 0 Å². The van der Waals surface area contributed by atoms with Gasteiger partial charge < -0.3 is 0 Å². The molecule has 0 N–H and O–H groups in total. The average molecular weight is 599 g/mol. The predicted molar refractivity (Wildman–Crippen MR) is 188 cm³/mol. The van der Waals surface area contributed by atoms with Gasteiger partial charge in [-0.1, -0.05) is 95.6 Å². The molecule has 5 rings (SSSR count). The second kappa shape index (κ2) is 12.4. The molecule has 3 heteroatoms. The maximum absolute atomic E-state index is 13.7. The minimum Gasteiger partial charge on any atom is -0.252 e. The highest BCUT2D eigenvalue weighted by atomic mass is 19.1. The molecule has 0 fully saturated rings. The van der Waals surface area contributed by atoms with Crippen molar-refractivity contribution in [1.29, 1.82) is 0 Å². The van der Waals surface area contributed by atoms with E-state index in [1.165, 1.54) is 28.8 Å². The van der Waals surface area contributed by atoms with Gasteiger partial charge in [0, 0.05) is 16.5 Å². The summed E-state index contributed by atoms with van der Waals surface area (Å²) in [5.74, 6) is -0.232. The molecule has 0 aliphatic heterocycles. The number of benzene rings is 3. The van der Waals surface area contributed by atoms with Crippen molar-refractivity contribution < 1.29 is 4.39 Å². The zero-order valence-corrected chi connectivity index (χ0v) is 28.4. The predicted octanol–water partition coefficient (Wildman–Crippen LogP) is 11.4. The van der Waals surface area contributed by atoms with E-state index in [9.17, 15) is 4.39 Å². The summed E-state index contributed by atoms with van der Waals surface area (Å²) in [4.78, 5) is 10.7. The second-order valence-corrected chi connectivity index (χ2v) is 15.5. The summed E-state index contributed by atoms with van der Waals surface area (Å²) in [6, 6.07) is 32.7. The van der Waals surface area contributed by atoms with E-state index >= 15 is 0 Å². The number of halogens is 1. The first-order valence-corrected chi connectivity index (χ1v) is 16.0. The molecule has 2 heterocycles. The Hall–Kier alpha value is -4.11. The second-order valence-electron chi connectivity index (χ2n) is 15.5. The molecule has 5 aromatic rings. The van der Waals surface area contributed by atoms with E-state index < -0.39 is 5.41 Å². The lowest BCUT2D eigenvalue weighted by Crippen LogP contribution is -2.24. The first-order valence-electron chi connectivity index (χ1n) is 16.0. The highest BCUT2D eigenvalue weighted by Crippen LogP contribution is 2.37. The molecule has 0 aliphatic rings. The van der Waals surface area contributed by atoms with Gasteiger partial charge in [0.15, 0.2) is 0 Å². The maximum atomic E-state index is 13.7. The molecule has 0 aliphatic carbocycles. The molecule has 0 saturated heterocycles. The lowest BCUT2D eigenvalue weighted by molar-refractivity contribution is 0.410. The molecule has 0 atom stereocenters. The molecular weight excluding hydrogens is 551 g/mol. The monoisotopic (exact) mass is 598 g/mol. The molecule has 0 unspecified atom stereocenters. The number of hydrogen-bond donors (Lipinski definition) is 0. The summed E-state index contributed by atoms with van der Waals surface area (Å²) in [5.41, 5.74) is 11.7. The van der Waals surface area contributed by atoms with Gasteiger partial charge in [0.25, 0.3) is 0 Å². The van der Waals surface area contributed by atoms with Gasteiger partial charge in [-0.25, -0.2) is 4.39 Å². The zero-order valence-electron chi connectivity index (χ0n) is 28.4. The highest BCUT2D eigenvalue weighted by molar-refractivity contribution is 5.72. The van der Waals surface area contributed by atoms with Crippen LogP contribution in [0.1, 0.15) is 83.5 Å². The first-order chi connectivity index (χ1) is 21.1. The topological polar surface area (TPSA) is 25.8 Å². The van der Waals surface area contributed by atoms with Crippen LogP contribution in [0.5, 0.6) is 0 Å². The lowest BCUT2D eigenvalue weighted by Gasteiger charge is -2.28. The quantitative estimate of drug-likeness (QED) is 0.186. The van der Waals surface area contributed by atoms with Crippen molar-refractivity contribution in [3.63, 3.8) is 0 Å². The van der Waals surface area contributed by atoms with Crippen molar-refractivity contribution >= 4 is 0 Å². The maximum Gasteiger partial charge on any atom is 0.123 e. The molecule has 0 bridgehead atoms. The number of hydrogen-bond acceptors (Lipinski definition) is 2. The normalized spacial score (nSPS) is 12.4. The van der Waals surface area contributed by atoms with Gasteiger partial charge in [0.2, 0.25) is 0 Å². The van der Waals surface area contributed by atoms with Crippen LogP contribution in [0.25, 0.3) is 33.6 Å². The van der Waals surface area contributed by atoms with Gasteiger partial charge >= 0.3 is 0 Å². The van der Waals surface area contributed by atoms with E-state index in [0.717, 1.165) is 57.9 Å². The molecular formula is C42H47FN2. The van der Waals surface area contributed by atoms with Gasteiger partial charge in [0.1, 0.15) is 5.82 Å². The summed E-state index contributed by atoms with van der Waals surface area (Å²) >= 11 is 0. The van der Waals surface area contributed by atoms with Gasteiger partial charge in [-0.05, 0) is 115 Å². The Morgan fingerprint density at radius 2 is 0.978 bits per heavy atom.